The van der Waals surface area contributed by atoms with Gasteiger partial charge >= 0.3 is 0 Å². The van der Waals surface area contributed by atoms with E-state index in [0.717, 1.165) is 6.08 Å². The molecule has 0 heterocycles. The Bertz CT molecular complexity index is 719. The number of carbonyl (C=O) groups excluding carboxylic acids is 1. The van der Waals surface area contributed by atoms with Gasteiger partial charge in [-0.1, -0.05) is 30.8 Å². The van der Waals surface area contributed by atoms with Crippen LogP contribution in [-0.2, 0) is 4.79 Å². The van der Waals surface area contributed by atoms with Gasteiger partial charge < -0.3 is 15.3 Å². The molecule has 0 fully saturated rings. The summed E-state index contributed by atoms with van der Waals surface area (Å²) in [7, 11) is 0. The lowest BCUT2D eigenvalue weighted by Gasteiger charge is -2.08. The number of aromatic hydroxyl groups is 2. The standard InChI is InChI=1S/C19H16O4/c1-2-15(20)11-18(23)12-19(13-3-7-16(21)8-4-13)14-5-9-17(22)10-6-14/h2-12,20-22H,1H2. The van der Waals surface area contributed by atoms with E-state index in [1.54, 1.807) is 24.3 Å². The van der Waals surface area contributed by atoms with Gasteiger partial charge in [-0.25, -0.2) is 0 Å². The van der Waals surface area contributed by atoms with Gasteiger partial charge in [-0.2, -0.15) is 0 Å². The normalized spacial score (nSPS) is 10.9. The van der Waals surface area contributed by atoms with E-state index in [4.69, 9.17) is 0 Å². The lowest BCUT2D eigenvalue weighted by atomic mass is 9.96. The van der Waals surface area contributed by atoms with Crippen LogP contribution in [0.4, 0.5) is 0 Å². The molecule has 2 rings (SSSR count). The third-order valence-corrected chi connectivity index (χ3v) is 3.14. The fourth-order valence-electron chi connectivity index (χ4n) is 2.00. The zero-order valence-corrected chi connectivity index (χ0v) is 12.3. The van der Waals surface area contributed by atoms with E-state index in [9.17, 15) is 20.1 Å². The minimum atomic E-state index is -0.404. The number of hydrogen-bond donors (Lipinski definition) is 3. The summed E-state index contributed by atoms with van der Waals surface area (Å²) >= 11 is 0. The summed E-state index contributed by atoms with van der Waals surface area (Å²) in [6, 6.07) is 12.8. The van der Waals surface area contributed by atoms with Crippen LogP contribution in [-0.4, -0.2) is 21.1 Å². The molecule has 0 amide bonds. The predicted octanol–water partition coefficient (Wildman–Crippen LogP) is 3.73. The average molecular weight is 308 g/mol. The number of aliphatic hydroxyl groups is 1. The van der Waals surface area contributed by atoms with Crippen molar-refractivity contribution in [2.24, 2.45) is 0 Å². The molecule has 0 aliphatic carbocycles. The van der Waals surface area contributed by atoms with E-state index in [0.29, 0.717) is 16.7 Å². The Morgan fingerprint density at radius 1 is 0.826 bits per heavy atom. The van der Waals surface area contributed by atoms with Crippen molar-refractivity contribution in [1.82, 2.24) is 0 Å². The molecule has 0 radical (unpaired) electrons. The molecule has 116 valence electrons. The summed E-state index contributed by atoms with van der Waals surface area (Å²) in [6.07, 6.45) is 3.61. The number of hydrogen-bond acceptors (Lipinski definition) is 4. The Balaban J connectivity index is 2.51. The first-order chi connectivity index (χ1) is 11.0. The van der Waals surface area contributed by atoms with Crippen molar-refractivity contribution < 1.29 is 20.1 Å². The molecule has 0 saturated carbocycles. The largest absolute Gasteiger partial charge is 0.508 e. The van der Waals surface area contributed by atoms with Gasteiger partial charge in [-0.3, -0.25) is 4.79 Å². The highest BCUT2D eigenvalue weighted by Gasteiger charge is 2.08. The molecule has 0 bridgehead atoms. The Morgan fingerprint density at radius 2 is 1.26 bits per heavy atom. The van der Waals surface area contributed by atoms with Crippen LogP contribution in [0, 0.1) is 0 Å². The highest BCUT2D eigenvalue weighted by molar-refractivity contribution is 6.06. The predicted molar refractivity (Wildman–Crippen MR) is 89.2 cm³/mol. The smallest absolute Gasteiger partial charge is 0.182 e. The van der Waals surface area contributed by atoms with Gasteiger partial charge in [0, 0.05) is 6.08 Å². The van der Waals surface area contributed by atoms with Crippen molar-refractivity contribution in [3.05, 3.63) is 90.2 Å². The number of rotatable bonds is 5. The molecule has 23 heavy (non-hydrogen) atoms. The second kappa shape index (κ2) is 7.13. The third-order valence-electron chi connectivity index (χ3n) is 3.14. The van der Waals surface area contributed by atoms with Crippen LogP contribution in [0.3, 0.4) is 0 Å². The van der Waals surface area contributed by atoms with Crippen LogP contribution in [0.5, 0.6) is 11.5 Å². The summed E-state index contributed by atoms with van der Waals surface area (Å²) < 4.78 is 0. The highest BCUT2D eigenvalue weighted by Crippen LogP contribution is 2.26. The van der Waals surface area contributed by atoms with Gasteiger partial charge in [-0.15, -0.1) is 0 Å². The minimum Gasteiger partial charge on any atom is -0.508 e. The monoisotopic (exact) mass is 308 g/mol. The summed E-state index contributed by atoms with van der Waals surface area (Å²) in [5.41, 5.74) is 2.03. The van der Waals surface area contributed by atoms with Gasteiger partial charge in [0.15, 0.2) is 5.78 Å². The van der Waals surface area contributed by atoms with E-state index in [-0.39, 0.29) is 17.3 Å². The van der Waals surface area contributed by atoms with Crippen LogP contribution in [0.2, 0.25) is 0 Å². The first-order valence-corrected chi connectivity index (χ1v) is 6.87. The molecule has 0 atom stereocenters. The third kappa shape index (κ3) is 4.35. The van der Waals surface area contributed by atoms with Gasteiger partial charge in [0.2, 0.25) is 0 Å². The zero-order valence-electron chi connectivity index (χ0n) is 12.3. The quantitative estimate of drug-likeness (QED) is 0.447. The number of phenolic OH excluding ortho intramolecular Hbond substituents is 2. The van der Waals surface area contributed by atoms with Gasteiger partial charge in [-0.05, 0) is 53.1 Å². The molecule has 3 N–H and O–H groups in total. The topological polar surface area (TPSA) is 77.8 Å². The van der Waals surface area contributed by atoms with Crippen molar-refractivity contribution in [3.63, 3.8) is 0 Å². The zero-order chi connectivity index (χ0) is 16.8. The molecule has 4 heteroatoms. The first kappa shape index (κ1) is 16.1. The molecule has 0 unspecified atom stereocenters. The SMILES string of the molecule is C=CC(O)=CC(=O)C=C(c1ccc(O)cc1)c1ccc(O)cc1. The summed E-state index contributed by atoms with van der Waals surface area (Å²) in [6.45, 7) is 3.38. The van der Waals surface area contributed by atoms with Crippen LogP contribution in [0.15, 0.2) is 79.1 Å². The molecule has 0 aliphatic rings. The van der Waals surface area contributed by atoms with Crippen molar-refractivity contribution in [3.8, 4) is 11.5 Å². The Hall–Kier alpha value is -3.27. The van der Waals surface area contributed by atoms with Crippen molar-refractivity contribution in [2.45, 2.75) is 0 Å². The maximum atomic E-state index is 12.0. The van der Waals surface area contributed by atoms with Crippen LogP contribution < -0.4 is 0 Å². The van der Waals surface area contributed by atoms with Crippen molar-refractivity contribution in [2.75, 3.05) is 0 Å². The Labute approximate surface area is 134 Å². The van der Waals surface area contributed by atoms with Gasteiger partial charge in [0.1, 0.15) is 17.3 Å². The fraction of sp³-hybridized carbons (Fsp3) is 0. The number of ketones is 1. The average Bonchev–Trinajstić information content (AvgIpc) is 2.54. The summed E-state index contributed by atoms with van der Waals surface area (Å²) in [4.78, 5) is 12.0. The molecule has 2 aromatic carbocycles. The van der Waals surface area contributed by atoms with E-state index < -0.39 is 5.78 Å². The number of carbonyl (C=O) groups is 1. The Kier molecular flexibility index (Phi) is 5.00. The number of allylic oxidation sites excluding steroid dienone is 3. The number of phenols is 2. The lowest BCUT2D eigenvalue weighted by Crippen LogP contribution is -1.95. The number of benzene rings is 2. The second-order valence-electron chi connectivity index (χ2n) is 4.83. The van der Waals surface area contributed by atoms with Crippen molar-refractivity contribution >= 4 is 11.4 Å². The maximum Gasteiger partial charge on any atom is 0.182 e. The molecular weight excluding hydrogens is 292 g/mol. The summed E-state index contributed by atoms with van der Waals surface area (Å²) in [5, 5.41) is 28.2. The summed E-state index contributed by atoms with van der Waals surface area (Å²) in [5.74, 6) is -0.385. The molecule has 2 aromatic rings. The van der Waals surface area contributed by atoms with Crippen molar-refractivity contribution in [1.29, 1.82) is 0 Å². The molecule has 0 saturated heterocycles. The molecule has 4 nitrogen and oxygen atoms in total. The van der Waals surface area contributed by atoms with E-state index in [1.165, 1.54) is 36.4 Å². The van der Waals surface area contributed by atoms with E-state index in [1.807, 2.05) is 0 Å². The van der Waals surface area contributed by atoms with E-state index >= 15 is 0 Å². The fourth-order valence-corrected chi connectivity index (χ4v) is 2.00. The molecule has 0 spiro atoms. The van der Waals surface area contributed by atoms with Gasteiger partial charge in [0.05, 0.1) is 0 Å². The van der Waals surface area contributed by atoms with Crippen LogP contribution >= 0.6 is 0 Å². The van der Waals surface area contributed by atoms with E-state index in [2.05, 4.69) is 6.58 Å². The van der Waals surface area contributed by atoms with Gasteiger partial charge in [0.25, 0.3) is 0 Å². The highest BCUT2D eigenvalue weighted by atomic mass is 16.3. The molecule has 0 aromatic heterocycles. The van der Waals surface area contributed by atoms with Crippen LogP contribution in [0.1, 0.15) is 11.1 Å². The molecular formula is C19H16O4. The Morgan fingerprint density at radius 3 is 1.65 bits per heavy atom. The maximum absolute atomic E-state index is 12.0. The second-order valence-corrected chi connectivity index (χ2v) is 4.83. The number of aliphatic hydroxyl groups excluding tert-OH is 1. The first-order valence-electron chi connectivity index (χ1n) is 6.87. The van der Waals surface area contributed by atoms with Crippen LogP contribution in [0.25, 0.3) is 5.57 Å². The lowest BCUT2D eigenvalue weighted by molar-refractivity contribution is -0.110. The minimum absolute atomic E-state index is 0.120. The molecule has 0 aliphatic heterocycles.